The highest BCUT2D eigenvalue weighted by molar-refractivity contribution is 5.81. The Labute approximate surface area is 197 Å². The van der Waals surface area contributed by atoms with Crippen molar-refractivity contribution in [3.8, 4) is 0 Å². The van der Waals surface area contributed by atoms with Gasteiger partial charge in [0.2, 0.25) is 0 Å². The minimum atomic E-state index is -4.65. The number of aromatic nitrogens is 4. The van der Waals surface area contributed by atoms with E-state index in [0.29, 0.717) is 5.92 Å². The van der Waals surface area contributed by atoms with Gasteiger partial charge in [0, 0.05) is 19.0 Å². The lowest BCUT2D eigenvalue weighted by Gasteiger charge is -2.31. The summed E-state index contributed by atoms with van der Waals surface area (Å²) < 4.78 is 44.7. The summed E-state index contributed by atoms with van der Waals surface area (Å²) in [6.45, 7) is 6.38. The van der Waals surface area contributed by atoms with Crippen LogP contribution in [0.5, 0.6) is 0 Å². The van der Waals surface area contributed by atoms with E-state index in [-0.39, 0.29) is 11.2 Å². The Morgan fingerprint density at radius 3 is 2.47 bits per heavy atom. The predicted molar refractivity (Wildman–Crippen MR) is 126 cm³/mol. The number of rotatable bonds is 7. The summed E-state index contributed by atoms with van der Waals surface area (Å²) in [6.07, 6.45) is 4.50. The predicted octanol–water partition coefficient (Wildman–Crippen LogP) is 6.24. The van der Waals surface area contributed by atoms with Gasteiger partial charge in [-0.3, -0.25) is 0 Å². The highest BCUT2D eigenvalue weighted by Crippen LogP contribution is 2.36. The third-order valence-corrected chi connectivity index (χ3v) is 6.21. The van der Waals surface area contributed by atoms with Gasteiger partial charge in [-0.1, -0.05) is 50.4 Å². The zero-order valence-electron chi connectivity index (χ0n) is 20.2. The molecule has 3 aromatic rings. The van der Waals surface area contributed by atoms with Gasteiger partial charge >= 0.3 is 12.1 Å². The van der Waals surface area contributed by atoms with Crippen molar-refractivity contribution < 1.29 is 17.7 Å². The quantitative estimate of drug-likeness (QED) is 0.405. The van der Waals surface area contributed by atoms with Gasteiger partial charge in [0.1, 0.15) is 5.82 Å². The lowest BCUT2D eigenvalue weighted by atomic mass is 9.88. The Bertz CT molecular complexity index is 1150. The fourth-order valence-corrected chi connectivity index (χ4v) is 5.03. The topological polar surface area (TPSA) is 60.0 Å². The highest BCUT2D eigenvalue weighted by Gasteiger charge is 2.38. The zero-order chi connectivity index (χ0) is 24.5. The second kappa shape index (κ2) is 9.52. The first-order chi connectivity index (χ1) is 16.0. The van der Waals surface area contributed by atoms with Gasteiger partial charge in [0.05, 0.1) is 11.0 Å². The van der Waals surface area contributed by atoms with Crippen LogP contribution in [0, 0.1) is 5.41 Å². The van der Waals surface area contributed by atoms with E-state index in [2.05, 4.69) is 58.1 Å². The van der Waals surface area contributed by atoms with Crippen LogP contribution >= 0.6 is 0 Å². The van der Waals surface area contributed by atoms with Crippen LogP contribution < -0.4 is 0 Å². The van der Waals surface area contributed by atoms with Crippen LogP contribution in [0.15, 0.2) is 22.7 Å². The van der Waals surface area contributed by atoms with E-state index in [4.69, 9.17) is 4.98 Å². The summed E-state index contributed by atoms with van der Waals surface area (Å²) in [5.74, 6) is 0.135. The molecule has 184 valence electrons. The molecule has 1 saturated carbocycles. The van der Waals surface area contributed by atoms with Crippen molar-refractivity contribution in [3.05, 3.63) is 41.3 Å². The Hall–Kier alpha value is -2.68. The molecule has 0 atom stereocenters. The van der Waals surface area contributed by atoms with Gasteiger partial charge < -0.3 is 14.0 Å². The van der Waals surface area contributed by atoms with Gasteiger partial charge in [-0.05, 0) is 56.1 Å². The molecule has 1 aromatic carbocycles. The Morgan fingerprint density at radius 1 is 1.09 bits per heavy atom. The number of nitrogens with zero attached hydrogens (tertiary/aromatic N) is 5. The van der Waals surface area contributed by atoms with E-state index in [1.807, 2.05) is 12.1 Å². The van der Waals surface area contributed by atoms with Gasteiger partial charge in [0.15, 0.2) is 5.82 Å². The van der Waals surface area contributed by atoms with Crippen LogP contribution in [0.1, 0.15) is 75.0 Å². The van der Waals surface area contributed by atoms with E-state index in [1.165, 1.54) is 25.3 Å². The van der Waals surface area contributed by atoms with Gasteiger partial charge in [-0.15, -0.1) is 0 Å². The van der Waals surface area contributed by atoms with E-state index in [1.54, 1.807) is 6.08 Å². The summed E-state index contributed by atoms with van der Waals surface area (Å²) in [5.41, 5.74) is 2.86. The van der Waals surface area contributed by atoms with Crippen molar-refractivity contribution in [2.45, 2.75) is 64.6 Å². The lowest BCUT2D eigenvalue weighted by Crippen LogP contribution is -2.33. The molecular weight excluding hydrogens is 443 g/mol. The highest BCUT2D eigenvalue weighted by atomic mass is 19.4. The second-order valence-corrected chi connectivity index (χ2v) is 10.3. The number of benzene rings is 1. The van der Waals surface area contributed by atoms with Crippen LogP contribution in [0.2, 0.25) is 0 Å². The molecule has 1 aliphatic rings. The van der Waals surface area contributed by atoms with Crippen LogP contribution in [0.25, 0.3) is 23.2 Å². The van der Waals surface area contributed by atoms with Crippen molar-refractivity contribution in [1.82, 2.24) is 24.6 Å². The maximum Gasteiger partial charge on any atom is 0.471 e. The monoisotopic (exact) mass is 475 g/mol. The average molecular weight is 476 g/mol. The Morgan fingerprint density at radius 2 is 1.82 bits per heavy atom. The first kappa shape index (κ1) is 24.4. The Balaban J connectivity index is 1.66. The molecule has 4 rings (SSSR count). The number of hydrogen-bond donors (Lipinski definition) is 0. The summed E-state index contributed by atoms with van der Waals surface area (Å²) >= 11 is 0. The van der Waals surface area contributed by atoms with Crippen molar-refractivity contribution in [2.24, 2.45) is 5.41 Å². The zero-order valence-corrected chi connectivity index (χ0v) is 20.2. The molecule has 0 bridgehead atoms. The van der Waals surface area contributed by atoms with Crippen molar-refractivity contribution >= 4 is 23.2 Å². The van der Waals surface area contributed by atoms with Crippen molar-refractivity contribution in [2.75, 3.05) is 20.6 Å². The number of imidazole rings is 1. The summed E-state index contributed by atoms with van der Waals surface area (Å²) in [7, 11) is 4.19. The summed E-state index contributed by atoms with van der Waals surface area (Å²) in [6, 6.07) is 5.97. The van der Waals surface area contributed by atoms with Gasteiger partial charge in [-0.25, -0.2) is 4.98 Å². The first-order valence-corrected chi connectivity index (χ1v) is 11.8. The standard InChI is InChI=1S/C25H32F3N5O/c1-24(2,15-32(3)4)16-33-20-12-10-17(11-13-21-30-23(34-31-21)25(26,27)28)14-19(20)29-22(33)18-8-6-5-7-9-18/h10-14,18H,5-9,15-16H2,1-4H3/b13-11+. The largest absolute Gasteiger partial charge is 0.471 e. The van der Waals surface area contributed by atoms with Gasteiger partial charge in [0.25, 0.3) is 0 Å². The lowest BCUT2D eigenvalue weighted by molar-refractivity contribution is -0.159. The number of hydrogen-bond acceptors (Lipinski definition) is 5. The first-order valence-electron chi connectivity index (χ1n) is 11.8. The van der Waals surface area contributed by atoms with Crippen LogP contribution in [0.3, 0.4) is 0 Å². The average Bonchev–Trinajstić information content (AvgIpc) is 3.37. The summed E-state index contributed by atoms with van der Waals surface area (Å²) in [5, 5.41) is 3.39. The van der Waals surface area contributed by atoms with E-state index >= 15 is 0 Å². The molecule has 0 unspecified atom stereocenters. The molecule has 6 nitrogen and oxygen atoms in total. The molecule has 0 aliphatic heterocycles. The van der Waals surface area contributed by atoms with Crippen LogP contribution in [-0.4, -0.2) is 45.2 Å². The molecule has 0 N–H and O–H groups in total. The number of halogens is 3. The smallest absolute Gasteiger partial charge is 0.329 e. The van der Waals surface area contributed by atoms with Crippen molar-refractivity contribution in [1.29, 1.82) is 0 Å². The normalized spacial score (nSPS) is 16.4. The third kappa shape index (κ3) is 5.68. The molecule has 0 saturated heterocycles. The minimum Gasteiger partial charge on any atom is -0.329 e. The minimum absolute atomic E-state index is 0.0634. The molecule has 34 heavy (non-hydrogen) atoms. The molecule has 0 amide bonds. The maximum absolute atomic E-state index is 12.7. The number of fused-ring (bicyclic) bond motifs is 1. The molecule has 2 aromatic heterocycles. The number of alkyl halides is 3. The third-order valence-electron chi connectivity index (χ3n) is 6.21. The van der Waals surface area contributed by atoms with E-state index < -0.39 is 12.1 Å². The van der Waals surface area contributed by atoms with Gasteiger partial charge in [-0.2, -0.15) is 18.2 Å². The second-order valence-electron chi connectivity index (χ2n) is 10.3. The Kier molecular flexibility index (Phi) is 6.85. The fraction of sp³-hybridized carbons (Fsp3) is 0.560. The van der Waals surface area contributed by atoms with E-state index in [0.717, 1.165) is 48.4 Å². The molecule has 0 spiro atoms. The maximum atomic E-state index is 12.7. The SMILES string of the molecule is CN(C)CC(C)(C)Cn1c(C2CCCCC2)nc2cc(/C=C/c3noc(C(F)(F)F)n3)ccc21. The molecular formula is C25H32F3N5O. The molecule has 1 aliphatic carbocycles. The van der Waals surface area contributed by atoms with E-state index in [9.17, 15) is 13.2 Å². The molecule has 2 heterocycles. The van der Waals surface area contributed by atoms with Crippen molar-refractivity contribution in [3.63, 3.8) is 0 Å². The molecule has 1 fully saturated rings. The van der Waals surface area contributed by atoms with Crippen LogP contribution in [-0.2, 0) is 12.7 Å². The molecule has 0 radical (unpaired) electrons. The molecule has 9 heteroatoms. The van der Waals surface area contributed by atoms with Crippen LogP contribution in [0.4, 0.5) is 13.2 Å². The fourth-order valence-electron chi connectivity index (χ4n) is 5.03. The summed E-state index contributed by atoms with van der Waals surface area (Å²) in [4.78, 5) is 10.7.